The van der Waals surface area contributed by atoms with Gasteiger partial charge in [0.15, 0.2) is 5.82 Å². The van der Waals surface area contributed by atoms with Crippen LogP contribution in [0.4, 0.5) is 10.1 Å². The third-order valence-corrected chi connectivity index (χ3v) is 2.84. The molecule has 2 rings (SSSR count). The monoisotopic (exact) mass is 346 g/mol. The first-order valence-electron chi connectivity index (χ1n) is 4.90. The topological polar surface area (TPSA) is 65.3 Å². The normalized spacial score (nSPS) is 10.3. The number of non-ortho nitro benzene ring substituents is 1. The molecular weight excluding hydrogens is 342 g/mol. The van der Waals surface area contributed by atoms with E-state index in [-0.39, 0.29) is 22.3 Å². The molecular formula is C11H5BrClFN2O3. The van der Waals surface area contributed by atoms with Crippen LogP contribution in [0.5, 0.6) is 11.6 Å². The molecule has 0 aliphatic heterocycles. The van der Waals surface area contributed by atoms with E-state index in [4.69, 9.17) is 16.3 Å². The minimum atomic E-state index is -0.677. The third-order valence-electron chi connectivity index (χ3n) is 2.11. The number of halogens is 3. The SMILES string of the molecule is O=[N+]([O-])c1ccc(Oc2ncc(Br)cc2F)c(Cl)c1. The van der Waals surface area contributed by atoms with Crippen LogP contribution in [0.3, 0.4) is 0 Å². The Kier molecular flexibility index (Phi) is 3.96. The molecule has 19 heavy (non-hydrogen) atoms. The van der Waals surface area contributed by atoms with Gasteiger partial charge in [-0.1, -0.05) is 11.6 Å². The van der Waals surface area contributed by atoms with Crippen LogP contribution in [-0.4, -0.2) is 9.91 Å². The molecule has 0 atom stereocenters. The van der Waals surface area contributed by atoms with Crippen molar-refractivity contribution in [2.24, 2.45) is 0 Å². The summed E-state index contributed by atoms with van der Waals surface area (Å²) in [7, 11) is 0. The molecule has 0 fully saturated rings. The van der Waals surface area contributed by atoms with Crippen molar-refractivity contribution in [1.29, 1.82) is 0 Å². The van der Waals surface area contributed by atoms with Crippen molar-refractivity contribution in [1.82, 2.24) is 4.98 Å². The summed E-state index contributed by atoms with van der Waals surface area (Å²) in [4.78, 5) is 13.7. The predicted octanol–water partition coefficient (Wildman–Crippen LogP) is 4.34. The molecule has 0 aliphatic carbocycles. The average Bonchev–Trinajstić information content (AvgIpc) is 2.34. The summed E-state index contributed by atoms with van der Waals surface area (Å²) < 4.78 is 19.1. The lowest BCUT2D eigenvalue weighted by Gasteiger charge is -2.07. The van der Waals surface area contributed by atoms with Gasteiger partial charge in [-0.2, -0.15) is 0 Å². The van der Waals surface area contributed by atoms with E-state index in [0.29, 0.717) is 4.47 Å². The Bertz CT molecular complexity index is 654. The highest BCUT2D eigenvalue weighted by Gasteiger charge is 2.13. The molecule has 0 radical (unpaired) electrons. The maximum atomic E-state index is 13.5. The van der Waals surface area contributed by atoms with E-state index < -0.39 is 10.7 Å². The zero-order valence-electron chi connectivity index (χ0n) is 9.14. The van der Waals surface area contributed by atoms with Gasteiger partial charge in [-0.3, -0.25) is 10.1 Å². The van der Waals surface area contributed by atoms with Crippen LogP contribution in [-0.2, 0) is 0 Å². The summed E-state index contributed by atoms with van der Waals surface area (Å²) in [6, 6.07) is 4.79. The van der Waals surface area contributed by atoms with E-state index >= 15 is 0 Å². The summed E-state index contributed by atoms with van der Waals surface area (Å²) in [5.74, 6) is -0.858. The van der Waals surface area contributed by atoms with Crippen LogP contribution in [0, 0.1) is 15.9 Å². The lowest BCUT2D eigenvalue weighted by Crippen LogP contribution is -1.94. The quantitative estimate of drug-likeness (QED) is 0.612. The van der Waals surface area contributed by atoms with Gasteiger partial charge in [-0.05, 0) is 28.1 Å². The van der Waals surface area contributed by atoms with Gasteiger partial charge >= 0.3 is 0 Å². The fourth-order valence-electron chi connectivity index (χ4n) is 1.27. The van der Waals surface area contributed by atoms with Crippen molar-refractivity contribution >= 4 is 33.2 Å². The van der Waals surface area contributed by atoms with E-state index in [1.165, 1.54) is 24.4 Å². The van der Waals surface area contributed by atoms with Crippen LogP contribution in [0.15, 0.2) is 34.9 Å². The van der Waals surface area contributed by atoms with Crippen LogP contribution >= 0.6 is 27.5 Å². The standard InChI is InChI=1S/C11H5BrClFN2O3/c12-6-3-9(14)11(15-5-6)19-10-2-1-7(16(17)18)4-8(10)13/h1-5H. The van der Waals surface area contributed by atoms with Crippen molar-refractivity contribution in [3.63, 3.8) is 0 Å². The lowest BCUT2D eigenvalue weighted by atomic mass is 10.3. The summed E-state index contributed by atoms with van der Waals surface area (Å²) >= 11 is 8.88. The largest absolute Gasteiger partial charge is 0.435 e. The summed E-state index contributed by atoms with van der Waals surface area (Å²) in [6.07, 6.45) is 1.36. The fraction of sp³-hybridized carbons (Fsp3) is 0. The summed E-state index contributed by atoms with van der Waals surface area (Å²) in [6.45, 7) is 0. The van der Waals surface area contributed by atoms with Crippen LogP contribution in [0.1, 0.15) is 0 Å². The van der Waals surface area contributed by atoms with E-state index in [9.17, 15) is 14.5 Å². The average molecular weight is 348 g/mol. The maximum Gasteiger partial charge on any atom is 0.271 e. The second kappa shape index (κ2) is 5.50. The van der Waals surface area contributed by atoms with Gasteiger partial charge in [0.1, 0.15) is 5.75 Å². The molecule has 1 aromatic carbocycles. The molecule has 2 aromatic rings. The first-order chi connectivity index (χ1) is 8.97. The Morgan fingerprint density at radius 1 is 1.42 bits per heavy atom. The second-order valence-electron chi connectivity index (χ2n) is 3.41. The number of benzene rings is 1. The number of pyridine rings is 1. The number of hydrogen-bond donors (Lipinski definition) is 0. The zero-order chi connectivity index (χ0) is 14.0. The molecule has 0 aliphatic rings. The molecule has 0 saturated carbocycles. The number of aromatic nitrogens is 1. The Morgan fingerprint density at radius 3 is 2.74 bits per heavy atom. The van der Waals surface area contributed by atoms with Crippen molar-refractivity contribution in [3.05, 3.63) is 55.9 Å². The molecule has 0 saturated heterocycles. The van der Waals surface area contributed by atoms with Crippen molar-refractivity contribution in [2.45, 2.75) is 0 Å². The van der Waals surface area contributed by atoms with Gasteiger partial charge in [0.2, 0.25) is 0 Å². The van der Waals surface area contributed by atoms with E-state index in [2.05, 4.69) is 20.9 Å². The van der Waals surface area contributed by atoms with Gasteiger partial charge in [-0.25, -0.2) is 9.37 Å². The Hall–Kier alpha value is -1.73. The number of nitro groups is 1. The first-order valence-corrected chi connectivity index (χ1v) is 6.07. The number of rotatable bonds is 3. The van der Waals surface area contributed by atoms with Gasteiger partial charge in [0, 0.05) is 22.8 Å². The number of hydrogen-bond acceptors (Lipinski definition) is 4. The molecule has 0 amide bonds. The van der Waals surface area contributed by atoms with Gasteiger partial charge in [0.25, 0.3) is 11.6 Å². The Labute approximate surface area is 120 Å². The smallest absolute Gasteiger partial charge is 0.271 e. The summed E-state index contributed by atoms with van der Waals surface area (Å²) in [5.41, 5.74) is -0.179. The lowest BCUT2D eigenvalue weighted by molar-refractivity contribution is -0.384. The van der Waals surface area contributed by atoms with Gasteiger partial charge < -0.3 is 4.74 Å². The van der Waals surface area contributed by atoms with Crippen molar-refractivity contribution in [3.8, 4) is 11.6 Å². The van der Waals surface area contributed by atoms with Crippen molar-refractivity contribution < 1.29 is 14.1 Å². The highest BCUT2D eigenvalue weighted by Crippen LogP contribution is 2.32. The van der Waals surface area contributed by atoms with E-state index in [1.807, 2.05) is 0 Å². The zero-order valence-corrected chi connectivity index (χ0v) is 11.5. The molecule has 1 heterocycles. The number of nitro benzene ring substituents is 1. The van der Waals surface area contributed by atoms with Crippen molar-refractivity contribution in [2.75, 3.05) is 0 Å². The van der Waals surface area contributed by atoms with Crippen LogP contribution in [0.25, 0.3) is 0 Å². The van der Waals surface area contributed by atoms with Crippen LogP contribution in [0.2, 0.25) is 5.02 Å². The van der Waals surface area contributed by atoms with E-state index in [1.54, 1.807) is 0 Å². The highest BCUT2D eigenvalue weighted by atomic mass is 79.9. The Balaban J connectivity index is 2.31. The van der Waals surface area contributed by atoms with Gasteiger partial charge in [0.05, 0.1) is 9.95 Å². The summed E-state index contributed by atoms with van der Waals surface area (Å²) in [5, 5.41) is 10.5. The molecule has 0 N–H and O–H groups in total. The Morgan fingerprint density at radius 2 is 2.16 bits per heavy atom. The molecule has 0 spiro atoms. The predicted molar refractivity (Wildman–Crippen MR) is 70.1 cm³/mol. The molecule has 0 unspecified atom stereocenters. The second-order valence-corrected chi connectivity index (χ2v) is 4.74. The molecule has 98 valence electrons. The number of nitrogens with zero attached hydrogens (tertiary/aromatic N) is 2. The van der Waals surface area contributed by atoms with Crippen LogP contribution < -0.4 is 4.74 Å². The fourth-order valence-corrected chi connectivity index (χ4v) is 1.78. The molecule has 8 heteroatoms. The number of ether oxygens (including phenoxy) is 1. The molecule has 0 bridgehead atoms. The molecule has 5 nitrogen and oxygen atoms in total. The van der Waals surface area contributed by atoms with E-state index in [0.717, 1.165) is 6.07 Å². The first kappa shape index (κ1) is 13.7. The minimum absolute atomic E-state index is 0.00156. The third kappa shape index (κ3) is 3.18. The maximum absolute atomic E-state index is 13.5. The molecule has 1 aromatic heterocycles. The highest BCUT2D eigenvalue weighted by molar-refractivity contribution is 9.10. The minimum Gasteiger partial charge on any atom is -0.435 e. The van der Waals surface area contributed by atoms with Gasteiger partial charge in [-0.15, -0.1) is 0 Å².